The lowest BCUT2D eigenvalue weighted by atomic mass is 9.85. The van der Waals surface area contributed by atoms with E-state index >= 15 is 0 Å². The number of aromatic nitrogens is 2. The van der Waals surface area contributed by atoms with Crippen molar-refractivity contribution in [2.45, 2.75) is 51.0 Å². The number of hydrogen-bond acceptors (Lipinski definition) is 5. The summed E-state index contributed by atoms with van der Waals surface area (Å²) in [5.74, 6) is -1.58. The molecule has 1 saturated carbocycles. The van der Waals surface area contributed by atoms with Crippen LogP contribution in [0.3, 0.4) is 0 Å². The molecule has 1 aliphatic carbocycles. The molecule has 4 rings (SSSR count). The SMILES string of the molecule is CNc1cc(N2CCn3cncc3C2)c(C(=O)NC2CCC(C(F)(F)F)CC2)cc1N. The molecule has 0 spiro atoms. The third kappa shape index (κ3) is 4.42. The molecule has 1 aromatic heterocycles. The number of anilines is 3. The quantitative estimate of drug-likeness (QED) is 0.640. The van der Waals surface area contributed by atoms with Crippen LogP contribution >= 0.6 is 0 Å². The summed E-state index contributed by atoms with van der Waals surface area (Å²) >= 11 is 0. The zero-order chi connectivity index (χ0) is 22.2. The first kappa shape index (κ1) is 21.3. The maximum atomic E-state index is 13.1. The molecule has 7 nitrogen and oxygen atoms in total. The van der Waals surface area contributed by atoms with E-state index < -0.39 is 12.1 Å². The largest absolute Gasteiger partial charge is 0.397 e. The van der Waals surface area contributed by atoms with Gasteiger partial charge in [-0.3, -0.25) is 4.79 Å². The first-order valence-corrected chi connectivity index (χ1v) is 10.5. The minimum absolute atomic E-state index is 0.0399. The highest BCUT2D eigenvalue weighted by Crippen LogP contribution is 2.38. The number of carbonyl (C=O) groups is 1. The van der Waals surface area contributed by atoms with Crippen molar-refractivity contribution in [3.05, 3.63) is 35.9 Å². The summed E-state index contributed by atoms with van der Waals surface area (Å²) in [5, 5.41) is 5.99. The number of rotatable bonds is 4. The summed E-state index contributed by atoms with van der Waals surface area (Å²) in [5.41, 5.74) is 9.51. The molecule has 0 unspecified atom stereocenters. The molecule has 1 fully saturated rings. The Morgan fingerprint density at radius 3 is 2.61 bits per heavy atom. The molecular formula is C21H27F3N6O. The highest BCUT2D eigenvalue weighted by molar-refractivity contribution is 6.02. The van der Waals surface area contributed by atoms with E-state index in [1.807, 2.05) is 6.07 Å². The molecule has 0 saturated heterocycles. The van der Waals surface area contributed by atoms with Gasteiger partial charge in [0, 0.05) is 32.4 Å². The van der Waals surface area contributed by atoms with Crippen LogP contribution in [0.2, 0.25) is 0 Å². The van der Waals surface area contributed by atoms with E-state index in [2.05, 4.69) is 25.1 Å². The molecule has 2 aliphatic rings. The van der Waals surface area contributed by atoms with Gasteiger partial charge < -0.3 is 25.8 Å². The molecule has 2 heterocycles. The zero-order valence-electron chi connectivity index (χ0n) is 17.4. The van der Waals surface area contributed by atoms with Crippen molar-refractivity contribution in [2.24, 2.45) is 5.92 Å². The van der Waals surface area contributed by atoms with E-state index in [0.717, 1.165) is 23.6 Å². The van der Waals surface area contributed by atoms with Crippen LogP contribution in [0.1, 0.15) is 41.7 Å². The van der Waals surface area contributed by atoms with Crippen molar-refractivity contribution in [3.8, 4) is 0 Å². The molecule has 1 aromatic carbocycles. The summed E-state index contributed by atoms with van der Waals surface area (Å²) in [6, 6.07) is 3.23. The molecule has 10 heteroatoms. The molecule has 1 amide bonds. The van der Waals surface area contributed by atoms with Crippen LogP contribution in [0.15, 0.2) is 24.7 Å². The normalized spacial score (nSPS) is 21.5. The predicted molar refractivity (Wildman–Crippen MR) is 113 cm³/mol. The van der Waals surface area contributed by atoms with Crippen LogP contribution in [0, 0.1) is 5.92 Å². The number of fused-ring (bicyclic) bond motifs is 1. The smallest absolute Gasteiger partial charge is 0.391 e. The Kier molecular flexibility index (Phi) is 5.72. The molecular weight excluding hydrogens is 409 g/mol. The van der Waals surface area contributed by atoms with E-state index in [1.165, 1.54) is 0 Å². The highest BCUT2D eigenvalue weighted by atomic mass is 19.4. The van der Waals surface area contributed by atoms with E-state index in [9.17, 15) is 18.0 Å². The summed E-state index contributed by atoms with van der Waals surface area (Å²) in [4.78, 5) is 19.4. The lowest BCUT2D eigenvalue weighted by molar-refractivity contribution is -0.182. The minimum Gasteiger partial charge on any atom is -0.397 e. The number of nitrogens with two attached hydrogens (primary N) is 1. The fourth-order valence-electron chi connectivity index (χ4n) is 4.48. The van der Waals surface area contributed by atoms with E-state index in [1.54, 1.807) is 25.6 Å². The number of halogens is 3. The molecule has 0 bridgehead atoms. The van der Waals surface area contributed by atoms with Gasteiger partial charge in [-0.05, 0) is 37.8 Å². The fraction of sp³-hybridized carbons (Fsp3) is 0.524. The van der Waals surface area contributed by atoms with Gasteiger partial charge in [0.25, 0.3) is 5.91 Å². The van der Waals surface area contributed by atoms with E-state index in [0.29, 0.717) is 37.2 Å². The Hall–Kier alpha value is -2.91. The zero-order valence-corrected chi connectivity index (χ0v) is 17.4. The van der Waals surface area contributed by atoms with Crippen molar-refractivity contribution in [1.29, 1.82) is 0 Å². The molecule has 31 heavy (non-hydrogen) atoms. The second kappa shape index (κ2) is 8.32. The second-order valence-electron chi connectivity index (χ2n) is 8.27. The van der Waals surface area contributed by atoms with Crippen LogP contribution in [-0.4, -0.2) is 41.3 Å². The van der Waals surface area contributed by atoms with E-state index in [-0.39, 0.29) is 24.8 Å². The lowest BCUT2D eigenvalue weighted by Gasteiger charge is -2.33. The van der Waals surface area contributed by atoms with Gasteiger partial charge in [0.15, 0.2) is 0 Å². The van der Waals surface area contributed by atoms with Crippen LogP contribution in [-0.2, 0) is 13.1 Å². The summed E-state index contributed by atoms with van der Waals surface area (Å²) in [7, 11) is 1.76. The summed E-state index contributed by atoms with van der Waals surface area (Å²) < 4.78 is 40.9. The standard InChI is InChI=1S/C21H27F3N6O/c1-26-18-9-19(29-6-7-30-12-27-10-15(30)11-29)16(8-17(18)25)20(31)28-14-4-2-13(3-5-14)21(22,23)24/h8-10,12-14,26H,2-7,11,25H2,1H3,(H,28,31). The Morgan fingerprint density at radius 1 is 1.19 bits per heavy atom. The lowest BCUT2D eigenvalue weighted by Crippen LogP contribution is -2.41. The number of amides is 1. The third-order valence-corrected chi connectivity index (χ3v) is 6.31. The monoisotopic (exact) mass is 436 g/mol. The van der Waals surface area contributed by atoms with Crippen molar-refractivity contribution < 1.29 is 18.0 Å². The maximum absolute atomic E-state index is 13.1. The number of hydrogen-bond donors (Lipinski definition) is 3. The molecule has 1 aliphatic heterocycles. The average Bonchev–Trinajstić information content (AvgIpc) is 3.21. The van der Waals surface area contributed by atoms with Crippen molar-refractivity contribution in [1.82, 2.24) is 14.9 Å². The number of nitrogens with zero attached hydrogens (tertiary/aromatic N) is 3. The van der Waals surface area contributed by atoms with Gasteiger partial charge in [-0.15, -0.1) is 0 Å². The molecule has 2 aromatic rings. The molecule has 4 N–H and O–H groups in total. The number of benzene rings is 1. The van der Waals surface area contributed by atoms with Gasteiger partial charge in [0.1, 0.15) is 0 Å². The Labute approximate surface area is 178 Å². The minimum atomic E-state index is -4.17. The number of nitrogen functional groups attached to an aromatic ring is 1. The first-order chi connectivity index (χ1) is 14.8. The fourth-order valence-corrected chi connectivity index (χ4v) is 4.48. The Bertz CT molecular complexity index is 949. The van der Waals surface area contributed by atoms with Crippen LogP contribution in [0.5, 0.6) is 0 Å². The van der Waals surface area contributed by atoms with Gasteiger partial charge in [-0.1, -0.05) is 0 Å². The maximum Gasteiger partial charge on any atom is 0.391 e. The summed E-state index contributed by atoms with van der Waals surface area (Å²) in [6.45, 7) is 2.05. The van der Waals surface area contributed by atoms with Crippen molar-refractivity contribution >= 4 is 23.0 Å². The van der Waals surface area contributed by atoms with Crippen molar-refractivity contribution in [3.63, 3.8) is 0 Å². The molecule has 0 atom stereocenters. The number of carbonyl (C=O) groups excluding carboxylic acids is 1. The van der Waals surface area contributed by atoms with Crippen LogP contribution in [0.4, 0.5) is 30.2 Å². The van der Waals surface area contributed by atoms with Crippen molar-refractivity contribution in [2.75, 3.05) is 29.5 Å². The second-order valence-corrected chi connectivity index (χ2v) is 8.27. The predicted octanol–water partition coefficient (Wildman–Crippen LogP) is 3.38. The Balaban J connectivity index is 1.53. The first-order valence-electron chi connectivity index (χ1n) is 10.5. The molecule has 0 radical (unpaired) electrons. The topological polar surface area (TPSA) is 88.2 Å². The number of imidazole rings is 1. The Morgan fingerprint density at radius 2 is 1.94 bits per heavy atom. The van der Waals surface area contributed by atoms with E-state index in [4.69, 9.17) is 5.73 Å². The summed E-state index contributed by atoms with van der Waals surface area (Å²) in [6.07, 6.45) is 0.147. The van der Waals surface area contributed by atoms with Gasteiger partial charge in [-0.25, -0.2) is 4.98 Å². The van der Waals surface area contributed by atoms with Gasteiger partial charge in [0.05, 0.1) is 47.1 Å². The van der Waals surface area contributed by atoms with Gasteiger partial charge in [-0.2, -0.15) is 13.2 Å². The average molecular weight is 436 g/mol. The van der Waals surface area contributed by atoms with Gasteiger partial charge in [0.2, 0.25) is 0 Å². The molecule has 168 valence electrons. The number of nitrogens with one attached hydrogen (secondary N) is 2. The number of alkyl halides is 3. The third-order valence-electron chi connectivity index (χ3n) is 6.31. The van der Waals surface area contributed by atoms with Gasteiger partial charge >= 0.3 is 6.18 Å². The van der Waals surface area contributed by atoms with Crippen LogP contribution < -0.4 is 21.3 Å². The van der Waals surface area contributed by atoms with Crippen LogP contribution in [0.25, 0.3) is 0 Å². The highest BCUT2D eigenvalue weighted by Gasteiger charge is 2.41.